The predicted molar refractivity (Wildman–Crippen MR) is 117 cm³/mol. The average Bonchev–Trinajstić information content (AvgIpc) is 3.52. The quantitative estimate of drug-likeness (QED) is 0.702. The third-order valence-electron chi connectivity index (χ3n) is 8.70. The fourth-order valence-corrected chi connectivity index (χ4v) is 7.73. The standard InChI is InChI=1S/C27H29NO/c1-26-21-14-15-22(18-21)27(26,28-16-8-9-17-28)25(29)23(19-10-4-2-5-11-19)24(26)20-12-6-3-7-13-20/h2-7,10-13,21-22H,8-9,14-18H2,1H3/t21?,22?,26-,27-/m1/s1. The first kappa shape index (κ1) is 17.7. The number of fused-ring (bicyclic) bond motifs is 5. The van der Waals surface area contributed by atoms with Crippen LogP contribution in [-0.2, 0) is 4.79 Å². The zero-order valence-electron chi connectivity index (χ0n) is 17.2. The smallest absolute Gasteiger partial charge is 0.185 e. The van der Waals surface area contributed by atoms with Gasteiger partial charge in [0, 0.05) is 11.0 Å². The highest BCUT2D eigenvalue weighted by Crippen LogP contribution is 2.73. The van der Waals surface area contributed by atoms with E-state index in [2.05, 4.69) is 66.4 Å². The summed E-state index contributed by atoms with van der Waals surface area (Å²) >= 11 is 0. The number of carbonyl (C=O) groups is 1. The van der Waals surface area contributed by atoms with Crippen molar-refractivity contribution in [3.8, 4) is 0 Å². The molecule has 2 bridgehead atoms. The van der Waals surface area contributed by atoms with Crippen molar-refractivity contribution in [2.45, 2.75) is 44.6 Å². The predicted octanol–water partition coefficient (Wildman–Crippen LogP) is 5.45. The fraction of sp³-hybridized carbons (Fsp3) is 0.444. The zero-order valence-corrected chi connectivity index (χ0v) is 17.2. The SMILES string of the molecule is C[C@@]12C(c3ccccc3)=C(c3ccccc3)C(=O)[C@]1(N1CCCC1)C1CCC2C1. The van der Waals surface area contributed by atoms with Crippen molar-refractivity contribution in [1.29, 1.82) is 0 Å². The van der Waals surface area contributed by atoms with Crippen LogP contribution in [0.5, 0.6) is 0 Å². The number of hydrogen-bond donors (Lipinski definition) is 0. The Kier molecular flexibility index (Phi) is 3.75. The van der Waals surface area contributed by atoms with Gasteiger partial charge in [-0.2, -0.15) is 0 Å². The summed E-state index contributed by atoms with van der Waals surface area (Å²) in [5.74, 6) is 1.52. The van der Waals surface area contributed by atoms with Crippen LogP contribution < -0.4 is 0 Å². The number of ketones is 1. The van der Waals surface area contributed by atoms with Crippen molar-refractivity contribution in [2.24, 2.45) is 17.3 Å². The fourth-order valence-electron chi connectivity index (χ4n) is 7.73. The van der Waals surface area contributed by atoms with Crippen molar-refractivity contribution < 1.29 is 4.79 Å². The number of rotatable bonds is 3. The number of hydrogen-bond acceptors (Lipinski definition) is 2. The first-order valence-electron chi connectivity index (χ1n) is 11.3. The Labute approximate surface area is 173 Å². The van der Waals surface area contributed by atoms with E-state index in [1.165, 1.54) is 43.2 Å². The number of carbonyl (C=O) groups excluding carboxylic acids is 1. The summed E-state index contributed by atoms with van der Waals surface area (Å²) in [6.45, 7) is 4.61. The Morgan fingerprint density at radius 2 is 1.41 bits per heavy atom. The second kappa shape index (κ2) is 6.15. The van der Waals surface area contributed by atoms with Gasteiger partial charge in [-0.15, -0.1) is 0 Å². The van der Waals surface area contributed by atoms with Gasteiger partial charge in [-0.25, -0.2) is 0 Å². The molecule has 148 valence electrons. The van der Waals surface area contributed by atoms with Crippen LogP contribution in [-0.4, -0.2) is 29.3 Å². The lowest BCUT2D eigenvalue weighted by Crippen LogP contribution is -2.63. The number of nitrogens with zero attached hydrogens (tertiary/aromatic N) is 1. The first-order chi connectivity index (χ1) is 14.2. The lowest BCUT2D eigenvalue weighted by atomic mass is 9.59. The Morgan fingerprint density at radius 3 is 2.07 bits per heavy atom. The molecule has 1 aliphatic heterocycles. The highest BCUT2D eigenvalue weighted by Gasteiger charge is 2.75. The van der Waals surface area contributed by atoms with Crippen LogP contribution in [0.2, 0.25) is 0 Å². The van der Waals surface area contributed by atoms with Gasteiger partial charge in [-0.05, 0) is 73.7 Å². The molecule has 3 aliphatic carbocycles. The number of likely N-dealkylation sites (tertiary alicyclic amines) is 1. The summed E-state index contributed by atoms with van der Waals surface area (Å²) in [6.07, 6.45) is 6.15. The molecule has 0 radical (unpaired) electrons. The van der Waals surface area contributed by atoms with Crippen molar-refractivity contribution in [3.05, 3.63) is 71.8 Å². The Hall–Kier alpha value is -2.19. The summed E-state index contributed by atoms with van der Waals surface area (Å²) < 4.78 is 0. The summed E-state index contributed by atoms with van der Waals surface area (Å²) in [5, 5.41) is 0. The lowest BCUT2D eigenvalue weighted by Gasteiger charge is -2.52. The van der Waals surface area contributed by atoms with Gasteiger partial charge in [-0.3, -0.25) is 9.69 Å². The second-order valence-electron chi connectivity index (χ2n) is 9.68. The van der Waals surface area contributed by atoms with Gasteiger partial charge in [0.25, 0.3) is 0 Å². The molecule has 2 unspecified atom stereocenters. The maximum absolute atomic E-state index is 14.6. The van der Waals surface area contributed by atoms with E-state index in [1.807, 2.05) is 6.07 Å². The highest BCUT2D eigenvalue weighted by atomic mass is 16.1. The molecule has 4 atom stereocenters. The first-order valence-corrected chi connectivity index (χ1v) is 11.3. The lowest BCUT2D eigenvalue weighted by molar-refractivity contribution is -0.133. The third-order valence-corrected chi connectivity index (χ3v) is 8.70. The van der Waals surface area contributed by atoms with Crippen LogP contribution in [0, 0.1) is 17.3 Å². The van der Waals surface area contributed by atoms with E-state index in [-0.39, 0.29) is 11.0 Å². The van der Waals surface area contributed by atoms with Gasteiger partial charge in [-0.1, -0.05) is 67.6 Å². The normalized spacial score (nSPS) is 36.2. The van der Waals surface area contributed by atoms with E-state index in [0.717, 1.165) is 24.2 Å². The van der Waals surface area contributed by atoms with E-state index in [4.69, 9.17) is 0 Å². The minimum atomic E-state index is -0.331. The largest absolute Gasteiger partial charge is 0.292 e. The van der Waals surface area contributed by atoms with Gasteiger partial charge in [0.15, 0.2) is 5.78 Å². The van der Waals surface area contributed by atoms with Crippen molar-refractivity contribution in [2.75, 3.05) is 13.1 Å². The maximum atomic E-state index is 14.6. The molecular weight excluding hydrogens is 354 g/mol. The molecule has 0 N–H and O–H groups in total. The van der Waals surface area contributed by atoms with Gasteiger partial charge in [0.05, 0.1) is 5.54 Å². The molecule has 2 saturated carbocycles. The molecule has 2 aromatic rings. The van der Waals surface area contributed by atoms with Gasteiger partial charge < -0.3 is 0 Å². The Morgan fingerprint density at radius 1 is 0.828 bits per heavy atom. The maximum Gasteiger partial charge on any atom is 0.185 e. The van der Waals surface area contributed by atoms with Crippen LogP contribution in [0.15, 0.2) is 60.7 Å². The van der Waals surface area contributed by atoms with Crippen molar-refractivity contribution >= 4 is 16.9 Å². The molecule has 2 aromatic carbocycles. The van der Waals surface area contributed by atoms with E-state index >= 15 is 0 Å². The van der Waals surface area contributed by atoms with Crippen LogP contribution in [0.3, 0.4) is 0 Å². The third kappa shape index (κ3) is 2.03. The summed E-state index contributed by atoms with van der Waals surface area (Å²) in [5.41, 5.74) is 4.25. The molecule has 2 heteroatoms. The van der Waals surface area contributed by atoms with Crippen LogP contribution >= 0.6 is 0 Å². The van der Waals surface area contributed by atoms with E-state index < -0.39 is 0 Å². The second-order valence-corrected chi connectivity index (χ2v) is 9.68. The molecule has 1 saturated heterocycles. The summed E-state index contributed by atoms with van der Waals surface area (Å²) in [4.78, 5) is 17.2. The molecule has 4 aliphatic rings. The summed E-state index contributed by atoms with van der Waals surface area (Å²) in [6, 6.07) is 21.3. The molecule has 29 heavy (non-hydrogen) atoms. The van der Waals surface area contributed by atoms with E-state index in [9.17, 15) is 4.79 Å². The monoisotopic (exact) mass is 383 g/mol. The topological polar surface area (TPSA) is 20.3 Å². The van der Waals surface area contributed by atoms with Crippen LogP contribution in [0.4, 0.5) is 0 Å². The average molecular weight is 384 g/mol. The highest BCUT2D eigenvalue weighted by molar-refractivity contribution is 6.37. The van der Waals surface area contributed by atoms with Crippen LogP contribution in [0.25, 0.3) is 11.1 Å². The Balaban J connectivity index is 1.67. The van der Waals surface area contributed by atoms with E-state index in [1.54, 1.807) is 0 Å². The molecule has 0 amide bonds. The van der Waals surface area contributed by atoms with Gasteiger partial charge in [0.1, 0.15) is 0 Å². The number of benzene rings is 2. The molecule has 1 heterocycles. The molecule has 3 fully saturated rings. The molecule has 2 nitrogen and oxygen atoms in total. The van der Waals surface area contributed by atoms with Crippen molar-refractivity contribution in [1.82, 2.24) is 4.90 Å². The minimum absolute atomic E-state index is 0.0934. The Bertz CT molecular complexity index is 988. The molecule has 6 rings (SSSR count). The van der Waals surface area contributed by atoms with E-state index in [0.29, 0.717) is 17.6 Å². The zero-order chi connectivity index (χ0) is 19.6. The van der Waals surface area contributed by atoms with Crippen LogP contribution in [0.1, 0.15) is 50.2 Å². The summed E-state index contributed by atoms with van der Waals surface area (Å²) in [7, 11) is 0. The molecular formula is C27H29NO. The minimum Gasteiger partial charge on any atom is -0.292 e. The molecule has 0 aromatic heterocycles. The van der Waals surface area contributed by atoms with Gasteiger partial charge in [0.2, 0.25) is 0 Å². The van der Waals surface area contributed by atoms with Crippen molar-refractivity contribution in [3.63, 3.8) is 0 Å². The van der Waals surface area contributed by atoms with Gasteiger partial charge >= 0.3 is 0 Å². The number of Topliss-reactive ketones (excluding diaryl/α,β-unsaturated/α-hetero) is 1. The molecule has 0 spiro atoms.